The minimum atomic E-state index is -3.96. The number of imidazole rings is 1. The van der Waals surface area contributed by atoms with Gasteiger partial charge in [0.1, 0.15) is 18.2 Å². The van der Waals surface area contributed by atoms with E-state index in [-0.39, 0.29) is 23.2 Å². The molecule has 1 aliphatic heterocycles. The molecule has 238 valence electrons. The van der Waals surface area contributed by atoms with E-state index in [1.807, 2.05) is 41.8 Å². The highest BCUT2D eigenvalue weighted by atomic mass is 32.2. The highest BCUT2D eigenvalue weighted by Crippen LogP contribution is 2.31. The van der Waals surface area contributed by atoms with E-state index in [4.69, 9.17) is 14.2 Å². The molecule has 2 aromatic heterocycles. The molecule has 0 atom stereocenters. The van der Waals surface area contributed by atoms with Crippen molar-refractivity contribution < 1.29 is 27.3 Å². The van der Waals surface area contributed by atoms with Crippen LogP contribution in [0.1, 0.15) is 52.8 Å². The number of amides is 1. The molecule has 0 spiro atoms. The van der Waals surface area contributed by atoms with Crippen molar-refractivity contribution in [3.63, 3.8) is 0 Å². The molecule has 3 heterocycles. The first-order chi connectivity index (χ1) is 22.2. The van der Waals surface area contributed by atoms with Gasteiger partial charge in [0.25, 0.3) is 10.0 Å². The average Bonchev–Trinajstić information content (AvgIpc) is 3.73. The third kappa shape index (κ3) is 6.12. The number of likely N-dealkylation sites (tertiary alicyclic amines) is 1. The van der Waals surface area contributed by atoms with Gasteiger partial charge in [0.15, 0.2) is 5.82 Å². The summed E-state index contributed by atoms with van der Waals surface area (Å²) in [6, 6.07) is 19.8. The van der Waals surface area contributed by atoms with Gasteiger partial charge in [0.2, 0.25) is 5.91 Å². The van der Waals surface area contributed by atoms with Crippen LogP contribution in [0.3, 0.4) is 0 Å². The second kappa shape index (κ2) is 12.8. The van der Waals surface area contributed by atoms with Crippen LogP contribution in [0, 0.1) is 13.8 Å². The quantitative estimate of drug-likeness (QED) is 0.187. The van der Waals surface area contributed by atoms with Crippen molar-refractivity contribution in [3.05, 3.63) is 95.0 Å². The Hall–Kier alpha value is -4.97. The predicted molar refractivity (Wildman–Crippen MR) is 173 cm³/mol. The fourth-order valence-corrected chi connectivity index (χ4v) is 7.00. The van der Waals surface area contributed by atoms with E-state index >= 15 is 0 Å². The van der Waals surface area contributed by atoms with Crippen molar-refractivity contribution in [1.82, 2.24) is 19.6 Å². The maximum atomic E-state index is 13.4. The smallest absolute Gasteiger partial charge is 0.340 e. The number of aromatic nitrogens is 3. The van der Waals surface area contributed by atoms with Crippen LogP contribution >= 0.6 is 0 Å². The summed E-state index contributed by atoms with van der Waals surface area (Å²) in [4.78, 5) is 31.8. The Morgan fingerprint density at radius 2 is 1.83 bits per heavy atom. The molecular formula is C34H35N5O6S. The lowest BCUT2D eigenvalue weighted by atomic mass is 10.0. The standard InChI is InChI=1S/C34H35N5O6S/c1-4-30-35-28-11-7-10-27(34(41)44-20-19-38-18-8-13-31(38)40)32(28)39(30)21-24-14-16-25(17-15-24)26-9-5-6-12-29(26)46(42,43)37-33-22(2)23(3)45-36-33/h5-7,9-12,14-17H,4,8,13,18-21H2,1-3H3,(H,36,37). The lowest BCUT2D eigenvalue weighted by Crippen LogP contribution is -2.29. The first-order valence-electron chi connectivity index (χ1n) is 15.2. The number of carbonyl (C=O) groups is 2. The number of nitrogens with one attached hydrogen (secondary N) is 1. The van der Waals surface area contributed by atoms with Gasteiger partial charge in [0.05, 0.1) is 28.0 Å². The van der Waals surface area contributed by atoms with Crippen molar-refractivity contribution in [2.75, 3.05) is 24.4 Å². The van der Waals surface area contributed by atoms with Crippen LogP contribution in [0.15, 0.2) is 76.1 Å². The van der Waals surface area contributed by atoms with E-state index < -0.39 is 16.0 Å². The first kappa shape index (κ1) is 31.0. The van der Waals surface area contributed by atoms with E-state index in [1.165, 1.54) is 0 Å². The number of sulfonamides is 1. The van der Waals surface area contributed by atoms with Crippen molar-refractivity contribution in [2.45, 2.75) is 51.5 Å². The monoisotopic (exact) mass is 641 g/mol. The number of anilines is 1. The number of nitrogens with zero attached hydrogens (tertiary/aromatic N) is 4. The zero-order chi connectivity index (χ0) is 32.4. The summed E-state index contributed by atoms with van der Waals surface area (Å²) in [7, 11) is -3.96. The lowest BCUT2D eigenvalue weighted by Gasteiger charge is -2.16. The van der Waals surface area contributed by atoms with Crippen LogP contribution in [0.5, 0.6) is 0 Å². The predicted octanol–water partition coefficient (Wildman–Crippen LogP) is 5.50. The minimum absolute atomic E-state index is 0.0910. The van der Waals surface area contributed by atoms with Gasteiger partial charge in [-0.2, -0.15) is 0 Å². The molecule has 1 N–H and O–H groups in total. The molecule has 46 heavy (non-hydrogen) atoms. The second-order valence-electron chi connectivity index (χ2n) is 11.3. The SMILES string of the molecule is CCc1nc2cccc(C(=O)OCCN3CCCC3=O)c2n1Cc1ccc(-c2ccccc2S(=O)(=O)Nc2noc(C)c2C)cc1. The van der Waals surface area contributed by atoms with Gasteiger partial charge in [0, 0.05) is 37.1 Å². The van der Waals surface area contributed by atoms with Gasteiger partial charge < -0.3 is 18.7 Å². The van der Waals surface area contributed by atoms with Crippen LogP contribution in [0.25, 0.3) is 22.2 Å². The Labute approximate surface area is 267 Å². The molecule has 1 fully saturated rings. The number of rotatable bonds is 11. The highest BCUT2D eigenvalue weighted by Gasteiger charge is 2.24. The molecule has 1 saturated heterocycles. The van der Waals surface area contributed by atoms with Crippen LogP contribution in [0.4, 0.5) is 5.82 Å². The maximum Gasteiger partial charge on any atom is 0.340 e. The number of benzene rings is 3. The normalized spacial score (nSPS) is 13.5. The third-order valence-corrected chi connectivity index (χ3v) is 9.72. The molecule has 0 unspecified atom stereocenters. The van der Waals surface area contributed by atoms with Crippen LogP contribution in [0.2, 0.25) is 0 Å². The van der Waals surface area contributed by atoms with Gasteiger partial charge in [-0.15, -0.1) is 0 Å². The number of para-hydroxylation sites is 1. The van der Waals surface area contributed by atoms with E-state index in [0.29, 0.717) is 66.0 Å². The number of esters is 1. The fourth-order valence-electron chi connectivity index (χ4n) is 5.71. The van der Waals surface area contributed by atoms with E-state index in [2.05, 4.69) is 9.88 Å². The topological polar surface area (TPSA) is 137 Å². The number of hydrogen-bond donors (Lipinski definition) is 1. The first-order valence-corrected chi connectivity index (χ1v) is 16.7. The van der Waals surface area contributed by atoms with Gasteiger partial charge in [-0.05, 0) is 49.6 Å². The Morgan fingerprint density at radius 3 is 2.52 bits per heavy atom. The van der Waals surface area contributed by atoms with Crippen LogP contribution in [-0.4, -0.2) is 59.6 Å². The summed E-state index contributed by atoms with van der Waals surface area (Å²) in [6.07, 6.45) is 2.03. The summed E-state index contributed by atoms with van der Waals surface area (Å²) in [5.41, 5.74) is 4.64. The molecule has 0 bridgehead atoms. The zero-order valence-corrected chi connectivity index (χ0v) is 26.8. The Balaban J connectivity index is 1.25. The molecule has 12 heteroatoms. The Kier molecular flexibility index (Phi) is 8.63. The fraction of sp³-hybridized carbons (Fsp3) is 0.294. The Morgan fingerprint density at radius 1 is 1.04 bits per heavy atom. The molecule has 11 nitrogen and oxygen atoms in total. The summed E-state index contributed by atoms with van der Waals surface area (Å²) < 4.78 is 42.1. The molecule has 0 aliphatic carbocycles. The number of hydrogen-bond acceptors (Lipinski definition) is 8. The van der Waals surface area contributed by atoms with Crippen molar-refractivity contribution >= 4 is 38.8 Å². The largest absolute Gasteiger partial charge is 0.460 e. The number of ether oxygens (including phenoxy) is 1. The molecule has 1 amide bonds. The number of carbonyl (C=O) groups excluding carboxylic acids is 2. The van der Waals surface area contributed by atoms with Crippen LogP contribution < -0.4 is 4.72 Å². The molecule has 3 aromatic carbocycles. The highest BCUT2D eigenvalue weighted by molar-refractivity contribution is 7.92. The van der Waals surface area contributed by atoms with E-state index in [9.17, 15) is 18.0 Å². The maximum absolute atomic E-state index is 13.4. The third-order valence-electron chi connectivity index (χ3n) is 8.32. The molecular weight excluding hydrogens is 606 g/mol. The molecule has 0 radical (unpaired) electrons. The summed E-state index contributed by atoms with van der Waals surface area (Å²) >= 11 is 0. The van der Waals surface area contributed by atoms with E-state index in [1.54, 1.807) is 55.1 Å². The molecule has 1 aliphatic rings. The number of fused-ring (bicyclic) bond motifs is 1. The second-order valence-corrected chi connectivity index (χ2v) is 12.9. The van der Waals surface area contributed by atoms with Crippen molar-refractivity contribution in [2.24, 2.45) is 0 Å². The minimum Gasteiger partial charge on any atom is -0.460 e. The summed E-state index contributed by atoms with van der Waals surface area (Å²) in [6.45, 7) is 7.12. The Bertz CT molecular complexity index is 2030. The average molecular weight is 642 g/mol. The van der Waals surface area contributed by atoms with Gasteiger partial charge in [-0.25, -0.2) is 18.2 Å². The van der Waals surface area contributed by atoms with Gasteiger partial charge in [-0.3, -0.25) is 9.52 Å². The van der Waals surface area contributed by atoms with Crippen molar-refractivity contribution in [1.29, 1.82) is 0 Å². The van der Waals surface area contributed by atoms with Crippen molar-refractivity contribution in [3.8, 4) is 11.1 Å². The summed E-state index contributed by atoms with van der Waals surface area (Å²) in [5.74, 6) is 1.15. The number of aryl methyl sites for hydroxylation is 2. The lowest BCUT2D eigenvalue weighted by molar-refractivity contribution is -0.128. The molecule has 6 rings (SSSR count). The molecule has 5 aromatic rings. The molecule has 0 saturated carbocycles. The zero-order valence-electron chi connectivity index (χ0n) is 25.9. The van der Waals surface area contributed by atoms with Crippen LogP contribution in [-0.2, 0) is 32.5 Å². The van der Waals surface area contributed by atoms with E-state index in [0.717, 1.165) is 23.4 Å². The van der Waals surface area contributed by atoms with Gasteiger partial charge >= 0.3 is 5.97 Å². The summed E-state index contributed by atoms with van der Waals surface area (Å²) in [5, 5.41) is 3.85. The van der Waals surface area contributed by atoms with Gasteiger partial charge in [-0.1, -0.05) is 60.6 Å².